The predicted molar refractivity (Wildman–Crippen MR) is 100 cm³/mol. The van der Waals surface area contributed by atoms with Crippen LogP contribution in [0, 0.1) is 0 Å². The summed E-state index contributed by atoms with van der Waals surface area (Å²) in [6.07, 6.45) is 0. The molecule has 0 atom stereocenters. The van der Waals surface area contributed by atoms with Crippen LogP contribution in [0.1, 0.15) is 30.9 Å². The molecular weight excluding hydrogens is 326 g/mol. The molecule has 130 valence electrons. The molecule has 2 aromatic rings. The molecule has 1 aliphatic heterocycles. The number of hydrogen-bond donors (Lipinski definition) is 1. The highest BCUT2D eigenvalue weighted by molar-refractivity contribution is 5.81. The minimum atomic E-state index is -0.0942. The number of nitrogens with one attached hydrogen (secondary N) is 1. The molecule has 0 saturated carbocycles. The van der Waals surface area contributed by atoms with E-state index in [0.29, 0.717) is 23.9 Å². The van der Waals surface area contributed by atoms with E-state index in [9.17, 15) is 4.79 Å². The quantitative estimate of drug-likeness (QED) is 0.616. The summed E-state index contributed by atoms with van der Waals surface area (Å²) in [5.41, 5.74) is 4.38. The molecule has 1 aliphatic carbocycles. The summed E-state index contributed by atoms with van der Waals surface area (Å²) < 4.78 is 1.78. The van der Waals surface area contributed by atoms with Crippen LogP contribution in [0.3, 0.4) is 0 Å². The highest BCUT2D eigenvalue weighted by Gasteiger charge is 2.24. The highest BCUT2D eigenvalue weighted by atomic mass is 16.1. The largest absolute Gasteiger partial charge is 0.303 e. The zero-order chi connectivity index (χ0) is 18.1. The molecule has 0 bridgehead atoms. The zero-order valence-electron chi connectivity index (χ0n) is 14.7. The van der Waals surface area contributed by atoms with Gasteiger partial charge in [-0.3, -0.25) is 4.79 Å². The van der Waals surface area contributed by atoms with Crippen LogP contribution in [0.4, 0.5) is 0 Å². The van der Waals surface area contributed by atoms with E-state index >= 15 is 0 Å². The average molecular weight is 345 g/mol. The Morgan fingerprint density at radius 1 is 1.08 bits per heavy atom. The van der Waals surface area contributed by atoms with Crippen LogP contribution in [0.15, 0.2) is 59.4 Å². The molecule has 0 unspecified atom stereocenters. The molecule has 0 fully saturated rings. The molecule has 1 aromatic carbocycles. The Bertz CT molecular complexity index is 1050. The van der Waals surface area contributed by atoms with Crippen LogP contribution in [0.2, 0.25) is 0 Å². The molecule has 0 saturated heterocycles. The lowest BCUT2D eigenvalue weighted by molar-refractivity contribution is 0.787. The van der Waals surface area contributed by atoms with Gasteiger partial charge in [0.15, 0.2) is 5.82 Å². The molecule has 1 N–H and O–H groups in total. The van der Waals surface area contributed by atoms with Gasteiger partial charge in [0.25, 0.3) is 5.56 Å². The number of aromatic nitrogens is 5. The van der Waals surface area contributed by atoms with E-state index < -0.39 is 0 Å². The first-order chi connectivity index (χ1) is 12.6. The maximum atomic E-state index is 13.2. The minimum absolute atomic E-state index is 0.0942. The van der Waals surface area contributed by atoms with E-state index in [1.807, 2.05) is 42.5 Å². The average Bonchev–Trinajstić information content (AvgIpc) is 3.17. The second kappa shape index (κ2) is 6.55. The van der Waals surface area contributed by atoms with E-state index in [0.717, 1.165) is 22.4 Å². The Kier molecular flexibility index (Phi) is 4.08. The number of fused-ring (bicyclic) bond motifs is 1. The summed E-state index contributed by atoms with van der Waals surface area (Å²) in [5.74, 6) is 0.742. The molecular formula is C20H19N5O. The molecule has 0 spiro atoms. The van der Waals surface area contributed by atoms with E-state index in [1.54, 1.807) is 4.57 Å². The standard InChI is InChI=1S/C20H19N5O/c1-13(2)15-9-6-10-17-16(11-15)18(19-21-23-24-22-19)20(26)25(17)12-14-7-4-3-5-8-14/h3-11,13H,12H2,1-2H3,(H,21,22,23,24). The highest BCUT2D eigenvalue weighted by Crippen LogP contribution is 2.32. The van der Waals surface area contributed by atoms with Gasteiger partial charge in [-0.2, -0.15) is 0 Å². The summed E-state index contributed by atoms with van der Waals surface area (Å²) in [6, 6.07) is 18.1. The van der Waals surface area contributed by atoms with E-state index in [4.69, 9.17) is 0 Å². The third-order valence-corrected chi connectivity index (χ3v) is 4.58. The number of H-pyrrole nitrogens is 1. The van der Waals surface area contributed by atoms with Gasteiger partial charge in [-0.15, -0.1) is 5.10 Å². The van der Waals surface area contributed by atoms with Crippen LogP contribution in [0.5, 0.6) is 0 Å². The lowest BCUT2D eigenvalue weighted by Crippen LogP contribution is -2.17. The third kappa shape index (κ3) is 2.79. The van der Waals surface area contributed by atoms with Crippen molar-refractivity contribution in [3.63, 3.8) is 0 Å². The topological polar surface area (TPSA) is 76.5 Å². The molecule has 2 aliphatic rings. The van der Waals surface area contributed by atoms with Gasteiger partial charge in [0.05, 0.1) is 17.8 Å². The van der Waals surface area contributed by atoms with Gasteiger partial charge in [-0.05, 0) is 39.6 Å². The normalized spacial score (nSPS) is 11.3. The first-order valence-electron chi connectivity index (χ1n) is 8.59. The van der Waals surface area contributed by atoms with E-state index in [-0.39, 0.29) is 5.56 Å². The lowest BCUT2D eigenvalue weighted by atomic mass is 10.0. The second-order valence-corrected chi connectivity index (χ2v) is 6.63. The summed E-state index contributed by atoms with van der Waals surface area (Å²) in [6.45, 7) is 4.77. The lowest BCUT2D eigenvalue weighted by Gasteiger charge is -2.06. The van der Waals surface area contributed by atoms with Crippen molar-refractivity contribution in [1.29, 1.82) is 0 Å². The number of nitrogens with zero attached hydrogens (tertiary/aromatic N) is 4. The maximum absolute atomic E-state index is 13.2. The Balaban J connectivity index is 1.97. The van der Waals surface area contributed by atoms with E-state index in [2.05, 4.69) is 46.6 Å². The molecule has 0 radical (unpaired) electrons. The molecule has 26 heavy (non-hydrogen) atoms. The van der Waals surface area contributed by atoms with Gasteiger partial charge in [0.2, 0.25) is 0 Å². The monoisotopic (exact) mass is 345 g/mol. The van der Waals surface area contributed by atoms with Crippen LogP contribution < -0.4 is 5.56 Å². The molecule has 0 amide bonds. The van der Waals surface area contributed by atoms with Crippen molar-refractivity contribution in [2.45, 2.75) is 26.3 Å². The fourth-order valence-electron chi connectivity index (χ4n) is 3.20. The van der Waals surface area contributed by atoms with E-state index in [1.165, 1.54) is 0 Å². The van der Waals surface area contributed by atoms with Gasteiger partial charge >= 0.3 is 0 Å². The van der Waals surface area contributed by atoms with Crippen LogP contribution in [-0.2, 0) is 6.54 Å². The van der Waals surface area contributed by atoms with Crippen LogP contribution >= 0.6 is 0 Å². The second-order valence-electron chi connectivity index (χ2n) is 6.63. The van der Waals surface area contributed by atoms with Gasteiger partial charge in [0.1, 0.15) is 0 Å². The predicted octanol–water partition coefficient (Wildman–Crippen LogP) is 3.30. The number of tetrazole rings is 1. The third-order valence-electron chi connectivity index (χ3n) is 4.58. The Morgan fingerprint density at radius 2 is 1.88 bits per heavy atom. The summed E-state index contributed by atoms with van der Waals surface area (Å²) in [5, 5.41) is 14.0. The van der Waals surface area contributed by atoms with Crippen LogP contribution in [0.25, 0.3) is 22.6 Å². The molecule has 6 heteroatoms. The molecule has 1 aromatic heterocycles. The summed E-state index contributed by atoms with van der Waals surface area (Å²) in [7, 11) is 0. The first-order valence-corrected chi connectivity index (χ1v) is 8.59. The molecule has 6 nitrogen and oxygen atoms in total. The van der Waals surface area contributed by atoms with Gasteiger partial charge in [-0.1, -0.05) is 56.3 Å². The summed E-state index contributed by atoms with van der Waals surface area (Å²) >= 11 is 0. The van der Waals surface area contributed by atoms with Gasteiger partial charge in [0, 0.05) is 5.56 Å². The van der Waals surface area contributed by atoms with Crippen molar-refractivity contribution in [2.24, 2.45) is 0 Å². The number of aromatic amines is 1. The molecule has 2 heterocycles. The van der Waals surface area contributed by atoms with Crippen molar-refractivity contribution in [1.82, 2.24) is 25.2 Å². The Labute approximate surface area is 150 Å². The van der Waals surface area contributed by atoms with Crippen LogP contribution in [-0.4, -0.2) is 25.2 Å². The van der Waals surface area contributed by atoms with Crippen molar-refractivity contribution in [2.75, 3.05) is 0 Å². The van der Waals surface area contributed by atoms with Gasteiger partial charge in [-0.25, -0.2) is 5.10 Å². The Morgan fingerprint density at radius 3 is 2.58 bits per heavy atom. The zero-order valence-corrected chi connectivity index (χ0v) is 14.7. The van der Waals surface area contributed by atoms with Crippen molar-refractivity contribution in [3.8, 4) is 22.6 Å². The van der Waals surface area contributed by atoms with Crippen molar-refractivity contribution < 1.29 is 0 Å². The van der Waals surface area contributed by atoms with Gasteiger partial charge < -0.3 is 4.57 Å². The SMILES string of the molecule is CC(C)c1cccc2n(Cc3ccccc3)c(=O)c(-c3nnn[nH]3)c-2c1. The number of rotatable bonds is 4. The molecule has 4 rings (SSSR count). The first kappa shape index (κ1) is 16.2. The van der Waals surface area contributed by atoms with Crippen molar-refractivity contribution >= 4 is 0 Å². The smallest absolute Gasteiger partial charge is 0.263 e. The fourth-order valence-corrected chi connectivity index (χ4v) is 3.20. The maximum Gasteiger partial charge on any atom is 0.263 e. The number of benzene rings is 1. The Hall–Kier alpha value is -3.28. The minimum Gasteiger partial charge on any atom is -0.303 e. The fraction of sp³-hybridized carbons (Fsp3) is 0.200. The number of hydrogen-bond acceptors (Lipinski definition) is 4. The van der Waals surface area contributed by atoms with Crippen molar-refractivity contribution in [3.05, 3.63) is 76.1 Å². The summed E-state index contributed by atoms with van der Waals surface area (Å²) in [4.78, 5) is 13.2.